The lowest BCUT2D eigenvalue weighted by atomic mass is 10.1. The summed E-state index contributed by atoms with van der Waals surface area (Å²) in [5.74, 6) is -5.66. The van der Waals surface area contributed by atoms with Gasteiger partial charge in [0.15, 0.2) is 23.2 Å². The average molecular weight is 311 g/mol. The van der Waals surface area contributed by atoms with Crippen molar-refractivity contribution in [2.75, 3.05) is 0 Å². The molecule has 0 bridgehead atoms. The van der Waals surface area contributed by atoms with Gasteiger partial charge >= 0.3 is 0 Å². The monoisotopic (exact) mass is 310 g/mol. The van der Waals surface area contributed by atoms with Crippen molar-refractivity contribution in [1.29, 1.82) is 0 Å². The summed E-state index contributed by atoms with van der Waals surface area (Å²) in [5.41, 5.74) is -0.218. The van der Waals surface area contributed by atoms with Gasteiger partial charge in [0, 0.05) is 10.4 Å². The number of carbonyl (C=O) groups is 1. The molecular formula is C15H6ClF3O2. The van der Waals surface area contributed by atoms with Crippen LogP contribution in [0.1, 0.15) is 16.1 Å². The molecule has 0 spiro atoms. The molecule has 21 heavy (non-hydrogen) atoms. The van der Waals surface area contributed by atoms with Crippen molar-refractivity contribution in [2.24, 2.45) is 0 Å². The number of hydrogen-bond donors (Lipinski definition) is 0. The first kappa shape index (κ1) is 13.7. The summed E-state index contributed by atoms with van der Waals surface area (Å²) < 4.78 is 44.9. The summed E-state index contributed by atoms with van der Waals surface area (Å²) in [5, 5.41) is 0.996. The average Bonchev–Trinajstić information content (AvgIpc) is 2.87. The van der Waals surface area contributed by atoms with Gasteiger partial charge < -0.3 is 4.42 Å². The second kappa shape index (κ2) is 4.93. The van der Waals surface area contributed by atoms with E-state index in [1.54, 1.807) is 18.2 Å². The summed E-state index contributed by atoms with van der Waals surface area (Å²) in [4.78, 5) is 12.1. The maximum Gasteiger partial charge on any atom is 0.231 e. The highest BCUT2D eigenvalue weighted by Gasteiger charge is 2.22. The van der Waals surface area contributed by atoms with Gasteiger partial charge in [0.1, 0.15) is 5.58 Å². The summed E-state index contributed by atoms with van der Waals surface area (Å²) in [6.45, 7) is 0. The number of ketones is 1. The molecule has 6 heteroatoms. The highest BCUT2D eigenvalue weighted by Crippen LogP contribution is 2.26. The Kier molecular flexibility index (Phi) is 3.22. The smallest absolute Gasteiger partial charge is 0.231 e. The Morgan fingerprint density at radius 2 is 1.76 bits per heavy atom. The van der Waals surface area contributed by atoms with E-state index in [-0.39, 0.29) is 5.76 Å². The number of furan rings is 1. The first-order valence-electron chi connectivity index (χ1n) is 5.84. The Labute approximate surface area is 121 Å². The van der Waals surface area contributed by atoms with Crippen molar-refractivity contribution >= 4 is 28.4 Å². The predicted octanol–water partition coefficient (Wildman–Crippen LogP) is 4.73. The number of fused-ring (bicyclic) bond motifs is 1. The van der Waals surface area contributed by atoms with Gasteiger partial charge in [-0.1, -0.05) is 11.6 Å². The van der Waals surface area contributed by atoms with E-state index in [2.05, 4.69) is 0 Å². The van der Waals surface area contributed by atoms with Crippen LogP contribution < -0.4 is 0 Å². The van der Waals surface area contributed by atoms with Gasteiger partial charge in [-0.25, -0.2) is 13.2 Å². The van der Waals surface area contributed by atoms with Gasteiger partial charge in [0.2, 0.25) is 5.78 Å². The maximum absolute atomic E-state index is 13.6. The molecular weight excluding hydrogens is 305 g/mol. The SMILES string of the molecule is O=C(c1cc2cc(Cl)ccc2o1)c1ccc(F)c(F)c1F. The zero-order valence-electron chi connectivity index (χ0n) is 10.3. The fraction of sp³-hybridized carbons (Fsp3) is 0. The lowest BCUT2D eigenvalue weighted by molar-refractivity contribution is 0.101. The standard InChI is InChI=1S/C15H6ClF3O2/c16-8-1-4-11-7(5-8)6-12(21-11)15(20)9-2-3-10(17)14(19)13(9)18/h1-6H. The van der Waals surface area contributed by atoms with Gasteiger partial charge in [-0.15, -0.1) is 0 Å². The molecule has 0 amide bonds. The first-order valence-corrected chi connectivity index (χ1v) is 6.22. The van der Waals surface area contributed by atoms with E-state index in [1.807, 2.05) is 0 Å². The zero-order valence-corrected chi connectivity index (χ0v) is 11.0. The fourth-order valence-corrected chi connectivity index (χ4v) is 2.14. The van der Waals surface area contributed by atoms with E-state index >= 15 is 0 Å². The largest absolute Gasteiger partial charge is 0.453 e. The quantitative estimate of drug-likeness (QED) is 0.506. The highest BCUT2D eigenvalue weighted by molar-refractivity contribution is 6.31. The second-order valence-electron chi connectivity index (χ2n) is 4.34. The van der Waals surface area contributed by atoms with Gasteiger partial charge in [-0.2, -0.15) is 0 Å². The second-order valence-corrected chi connectivity index (χ2v) is 4.78. The number of hydrogen-bond acceptors (Lipinski definition) is 2. The molecule has 0 aliphatic carbocycles. The van der Waals surface area contributed by atoms with Gasteiger partial charge in [-0.05, 0) is 36.4 Å². The predicted molar refractivity (Wildman–Crippen MR) is 71.0 cm³/mol. The minimum absolute atomic E-state index is 0.183. The van der Waals surface area contributed by atoms with Crippen molar-refractivity contribution in [2.45, 2.75) is 0 Å². The molecule has 0 unspecified atom stereocenters. The third-order valence-corrected chi connectivity index (χ3v) is 3.22. The van der Waals surface area contributed by atoms with E-state index in [0.29, 0.717) is 22.1 Å². The van der Waals surface area contributed by atoms with E-state index < -0.39 is 28.8 Å². The minimum atomic E-state index is -1.69. The lowest BCUT2D eigenvalue weighted by Gasteiger charge is -2.01. The lowest BCUT2D eigenvalue weighted by Crippen LogP contribution is -2.06. The van der Waals surface area contributed by atoms with Crippen LogP contribution in [0, 0.1) is 17.5 Å². The Morgan fingerprint density at radius 1 is 1.00 bits per heavy atom. The van der Waals surface area contributed by atoms with E-state index in [9.17, 15) is 18.0 Å². The first-order chi connectivity index (χ1) is 9.97. The van der Waals surface area contributed by atoms with Crippen LogP contribution >= 0.6 is 11.6 Å². The Hall–Kier alpha value is -2.27. The van der Waals surface area contributed by atoms with Crippen LogP contribution in [0.2, 0.25) is 5.02 Å². The van der Waals surface area contributed by atoms with Crippen LogP contribution in [0.25, 0.3) is 11.0 Å². The third-order valence-electron chi connectivity index (χ3n) is 2.98. The van der Waals surface area contributed by atoms with Crippen molar-refractivity contribution < 1.29 is 22.4 Å². The minimum Gasteiger partial charge on any atom is -0.453 e. The molecule has 0 fully saturated rings. The summed E-state index contributed by atoms with van der Waals surface area (Å²) in [6.07, 6.45) is 0. The van der Waals surface area contributed by atoms with E-state index in [4.69, 9.17) is 16.0 Å². The normalized spacial score (nSPS) is 11.0. The summed E-state index contributed by atoms with van der Waals surface area (Å²) in [7, 11) is 0. The highest BCUT2D eigenvalue weighted by atomic mass is 35.5. The van der Waals surface area contributed by atoms with Gasteiger partial charge in [0.05, 0.1) is 5.56 Å². The molecule has 2 aromatic carbocycles. The van der Waals surface area contributed by atoms with Crippen molar-refractivity contribution in [3.63, 3.8) is 0 Å². The molecule has 0 aliphatic rings. The molecule has 1 heterocycles. The van der Waals surface area contributed by atoms with Gasteiger partial charge in [-0.3, -0.25) is 4.79 Å². The van der Waals surface area contributed by atoms with Gasteiger partial charge in [0.25, 0.3) is 0 Å². The van der Waals surface area contributed by atoms with Crippen LogP contribution in [-0.2, 0) is 0 Å². The van der Waals surface area contributed by atoms with Crippen LogP contribution in [0.4, 0.5) is 13.2 Å². The Bertz CT molecular complexity index is 871. The Morgan fingerprint density at radius 3 is 2.52 bits per heavy atom. The van der Waals surface area contributed by atoms with Crippen molar-refractivity contribution in [1.82, 2.24) is 0 Å². The molecule has 106 valence electrons. The molecule has 0 saturated carbocycles. The van der Waals surface area contributed by atoms with Crippen molar-refractivity contribution in [3.8, 4) is 0 Å². The zero-order chi connectivity index (χ0) is 15.1. The topological polar surface area (TPSA) is 30.2 Å². The van der Waals surface area contributed by atoms with E-state index in [1.165, 1.54) is 6.07 Å². The van der Waals surface area contributed by atoms with Crippen LogP contribution in [0.3, 0.4) is 0 Å². The van der Waals surface area contributed by atoms with Crippen LogP contribution in [0.5, 0.6) is 0 Å². The van der Waals surface area contributed by atoms with E-state index in [0.717, 1.165) is 6.07 Å². The Balaban J connectivity index is 2.10. The molecule has 0 N–H and O–H groups in total. The number of rotatable bonds is 2. The van der Waals surface area contributed by atoms with Crippen LogP contribution in [-0.4, -0.2) is 5.78 Å². The molecule has 2 nitrogen and oxygen atoms in total. The fourth-order valence-electron chi connectivity index (χ4n) is 1.96. The molecule has 0 saturated heterocycles. The maximum atomic E-state index is 13.6. The molecule has 3 rings (SSSR count). The molecule has 3 aromatic rings. The summed E-state index contributed by atoms with van der Waals surface area (Å²) >= 11 is 5.81. The molecule has 0 radical (unpaired) electrons. The molecule has 0 aliphatic heterocycles. The molecule has 0 atom stereocenters. The molecule has 1 aromatic heterocycles. The number of benzene rings is 2. The number of halogens is 4. The summed E-state index contributed by atoms with van der Waals surface area (Å²) in [6, 6.07) is 7.61. The van der Waals surface area contributed by atoms with Crippen LogP contribution in [0.15, 0.2) is 40.8 Å². The van der Waals surface area contributed by atoms with Crippen molar-refractivity contribution in [3.05, 3.63) is 70.2 Å². The third kappa shape index (κ3) is 2.29. The number of carbonyl (C=O) groups excluding carboxylic acids is 1.